The Labute approximate surface area is 80.2 Å². The first-order valence-electron chi connectivity index (χ1n) is 5.01. The number of aromatic nitrogens is 3. The summed E-state index contributed by atoms with van der Waals surface area (Å²) >= 11 is 0. The molecule has 0 saturated carbocycles. The van der Waals surface area contributed by atoms with Crippen LogP contribution in [0.4, 0.5) is 0 Å². The fraction of sp³-hybridized carbons (Fsp3) is 0.800. The molecule has 0 amide bonds. The predicted octanol–water partition coefficient (Wildman–Crippen LogP) is 2.54. The molecule has 13 heavy (non-hydrogen) atoms. The van der Waals surface area contributed by atoms with Crippen molar-refractivity contribution in [1.82, 2.24) is 14.8 Å². The normalized spacial score (nSPS) is 11.6. The monoisotopic (exact) mass is 181 g/mol. The fourth-order valence-corrected chi connectivity index (χ4v) is 1.30. The molecule has 0 saturated heterocycles. The molecule has 0 unspecified atom stereocenters. The third-order valence-corrected chi connectivity index (χ3v) is 2.02. The maximum absolute atomic E-state index is 4.50. The smallest absolute Gasteiger partial charge is 0.150 e. The van der Waals surface area contributed by atoms with Gasteiger partial charge in [0.25, 0.3) is 0 Å². The van der Waals surface area contributed by atoms with E-state index < -0.39 is 0 Å². The average Bonchev–Trinajstić information content (AvgIpc) is 2.47. The molecule has 0 atom stereocenters. The van der Waals surface area contributed by atoms with Crippen LogP contribution >= 0.6 is 0 Å². The average molecular weight is 181 g/mol. The van der Waals surface area contributed by atoms with Crippen molar-refractivity contribution < 1.29 is 0 Å². The SMILES string of the molecule is CCc1nc(C(C)C)n(C(C)C)n1. The highest BCUT2D eigenvalue weighted by atomic mass is 15.4. The van der Waals surface area contributed by atoms with Crippen LogP contribution < -0.4 is 0 Å². The van der Waals surface area contributed by atoms with Gasteiger partial charge in [-0.1, -0.05) is 20.8 Å². The number of rotatable bonds is 3. The molecule has 3 nitrogen and oxygen atoms in total. The summed E-state index contributed by atoms with van der Waals surface area (Å²) in [5.41, 5.74) is 0. The van der Waals surface area contributed by atoms with E-state index in [0.717, 1.165) is 18.1 Å². The number of hydrogen-bond acceptors (Lipinski definition) is 2. The topological polar surface area (TPSA) is 30.7 Å². The van der Waals surface area contributed by atoms with Crippen LogP contribution in [0.2, 0.25) is 0 Å². The lowest BCUT2D eigenvalue weighted by Crippen LogP contribution is -2.09. The van der Waals surface area contributed by atoms with Crippen LogP contribution in [-0.2, 0) is 6.42 Å². The Morgan fingerprint density at radius 1 is 1.23 bits per heavy atom. The number of aryl methyl sites for hydroxylation is 1. The lowest BCUT2D eigenvalue weighted by molar-refractivity contribution is 0.490. The quantitative estimate of drug-likeness (QED) is 0.717. The summed E-state index contributed by atoms with van der Waals surface area (Å²) in [6, 6.07) is 0.408. The molecule has 1 rings (SSSR count). The van der Waals surface area contributed by atoms with Crippen molar-refractivity contribution >= 4 is 0 Å². The second-order valence-corrected chi connectivity index (χ2v) is 3.93. The van der Waals surface area contributed by atoms with Crippen LogP contribution in [0.1, 0.15) is 58.2 Å². The van der Waals surface area contributed by atoms with Crippen LogP contribution in [0, 0.1) is 0 Å². The highest BCUT2D eigenvalue weighted by molar-refractivity contribution is 4.98. The van der Waals surface area contributed by atoms with E-state index in [-0.39, 0.29) is 0 Å². The predicted molar refractivity (Wildman–Crippen MR) is 53.9 cm³/mol. The van der Waals surface area contributed by atoms with Gasteiger partial charge in [0.15, 0.2) is 5.82 Å². The highest BCUT2D eigenvalue weighted by Gasteiger charge is 2.13. The van der Waals surface area contributed by atoms with Crippen molar-refractivity contribution in [2.45, 2.75) is 53.0 Å². The van der Waals surface area contributed by atoms with Crippen LogP contribution in [0.25, 0.3) is 0 Å². The molecular weight excluding hydrogens is 162 g/mol. The fourth-order valence-electron chi connectivity index (χ4n) is 1.30. The standard InChI is InChI=1S/C10H19N3/c1-6-9-11-10(7(2)3)13(12-9)8(4)5/h7-8H,6H2,1-5H3. The summed E-state index contributed by atoms with van der Waals surface area (Å²) in [5, 5.41) is 4.46. The van der Waals surface area contributed by atoms with Gasteiger partial charge in [0.1, 0.15) is 5.82 Å². The summed E-state index contributed by atoms with van der Waals surface area (Å²) in [5.74, 6) is 2.51. The molecule has 0 N–H and O–H groups in total. The van der Waals surface area contributed by atoms with Crippen LogP contribution in [0.3, 0.4) is 0 Å². The Bertz CT molecular complexity index is 248. The summed E-state index contributed by atoms with van der Waals surface area (Å²) in [6.45, 7) is 10.7. The second kappa shape index (κ2) is 3.90. The first-order valence-corrected chi connectivity index (χ1v) is 5.01. The maximum atomic E-state index is 4.50. The van der Waals surface area contributed by atoms with Crippen molar-refractivity contribution in [3.8, 4) is 0 Å². The van der Waals surface area contributed by atoms with Crippen molar-refractivity contribution in [3.05, 3.63) is 11.6 Å². The molecule has 74 valence electrons. The molecule has 0 spiro atoms. The van der Waals surface area contributed by atoms with Crippen molar-refractivity contribution in [1.29, 1.82) is 0 Å². The second-order valence-electron chi connectivity index (χ2n) is 3.93. The van der Waals surface area contributed by atoms with Gasteiger partial charge >= 0.3 is 0 Å². The summed E-state index contributed by atoms with van der Waals surface area (Å²) in [4.78, 5) is 4.50. The van der Waals surface area contributed by atoms with Gasteiger partial charge in [0, 0.05) is 18.4 Å². The Morgan fingerprint density at radius 3 is 2.15 bits per heavy atom. The van der Waals surface area contributed by atoms with Crippen molar-refractivity contribution in [3.63, 3.8) is 0 Å². The minimum atomic E-state index is 0.408. The van der Waals surface area contributed by atoms with E-state index in [1.54, 1.807) is 0 Å². The molecule has 0 radical (unpaired) electrons. The lowest BCUT2D eigenvalue weighted by atomic mass is 10.2. The van der Waals surface area contributed by atoms with Crippen molar-refractivity contribution in [2.24, 2.45) is 0 Å². The largest absolute Gasteiger partial charge is 0.247 e. The van der Waals surface area contributed by atoms with Gasteiger partial charge in [-0.15, -0.1) is 0 Å². The van der Waals surface area contributed by atoms with Gasteiger partial charge in [0.05, 0.1) is 0 Å². The molecule has 0 aliphatic rings. The van der Waals surface area contributed by atoms with Gasteiger partial charge < -0.3 is 0 Å². The van der Waals surface area contributed by atoms with Gasteiger partial charge in [-0.05, 0) is 13.8 Å². The molecule has 0 bridgehead atoms. The number of nitrogens with zero attached hydrogens (tertiary/aromatic N) is 3. The van der Waals surface area contributed by atoms with E-state index in [9.17, 15) is 0 Å². The molecule has 1 heterocycles. The van der Waals surface area contributed by atoms with E-state index in [1.807, 2.05) is 4.68 Å². The maximum Gasteiger partial charge on any atom is 0.150 e. The zero-order valence-corrected chi connectivity index (χ0v) is 9.20. The van der Waals surface area contributed by atoms with E-state index in [1.165, 1.54) is 0 Å². The number of hydrogen-bond donors (Lipinski definition) is 0. The van der Waals surface area contributed by atoms with E-state index in [4.69, 9.17) is 0 Å². The summed E-state index contributed by atoms with van der Waals surface area (Å²) in [6.07, 6.45) is 0.916. The van der Waals surface area contributed by atoms with Gasteiger partial charge in [-0.25, -0.2) is 9.67 Å². The minimum Gasteiger partial charge on any atom is -0.247 e. The van der Waals surface area contributed by atoms with Gasteiger partial charge in [-0.3, -0.25) is 0 Å². The molecule has 0 aliphatic carbocycles. The third kappa shape index (κ3) is 2.08. The summed E-state index contributed by atoms with van der Waals surface area (Å²) in [7, 11) is 0. The molecule has 1 aromatic heterocycles. The Hall–Kier alpha value is -0.860. The molecule has 0 aromatic carbocycles. The first kappa shape index (κ1) is 10.2. The van der Waals surface area contributed by atoms with Crippen LogP contribution in [0.5, 0.6) is 0 Å². The van der Waals surface area contributed by atoms with Crippen molar-refractivity contribution in [2.75, 3.05) is 0 Å². The van der Waals surface area contributed by atoms with Crippen LogP contribution in [-0.4, -0.2) is 14.8 Å². The third-order valence-electron chi connectivity index (χ3n) is 2.02. The Balaban J connectivity index is 3.08. The van der Waals surface area contributed by atoms with Gasteiger partial charge in [0.2, 0.25) is 0 Å². The van der Waals surface area contributed by atoms with Crippen LogP contribution in [0.15, 0.2) is 0 Å². The Morgan fingerprint density at radius 2 is 1.85 bits per heavy atom. The summed E-state index contributed by atoms with van der Waals surface area (Å²) < 4.78 is 2.03. The first-order chi connectivity index (χ1) is 6.06. The molecule has 1 aromatic rings. The highest BCUT2D eigenvalue weighted by Crippen LogP contribution is 2.16. The Kier molecular flexibility index (Phi) is 3.07. The van der Waals surface area contributed by atoms with E-state index in [2.05, 4.69) is 44.7 Å². The molecule has 3 heteroatoms. The minimum absolute atomic E-state index is 0.408. The zero-order valence-electron chi connectivity index (χ0n) is 9.20. The van der Waals surface area contributed by atoms with E-state index in [0.29, 0.717) is 12.0 Å². The molecule has 0 aliphatic heterocycles. The lowest BCUT2D eigenvalue weighted by Gasteiger charge is -2.10. The molecular formula is C10H19N3. The van der Waals surface area contributed by atoms with E-state index >= 15 is 0 Å². The zero-order chi connectivity index (χ0) is 10.0. The molecule has 0 fully saturated rings. The van der Waals surface area contributed by atoms with Gasteiger partial charge in [-0.2, -0.15) is 5.10 Å².